The normalized spacial score (nSPS) is 14.4. The maximum absolute atomic E-state index is 12.6. The third kappa shape index (κ3) is 3.90. The molecule has 1 aliphatic heterocycles. The molecule has 2 aromatic heterocycles. The van der Waals surface area contributed by atoms with Crippen LogP contribution >= 0.6 is 11.6 Å². The van der Waals surface area contributed by atoms with E-state index >= 15 is 0 Å². The van der Waals surface area contributed by atoms with Crippen molar-refractivity contribution in [2.75, 3.05) is 31.1 Å². The van der Waals surface area contributed by atoms with Crippen LogP contribution in [0.15, 0.2) is 49.3 Å². The van der Waals surface area contributed by atoms with Crippen molar-refractivity contribution in [1.29, 1.82) is 0 Å². The lowest BCUT2D eigenvalue weighted by Crippen LogP contribution is -2.49. The zero-order chi connectivity index (χ0) is 18.6. The maximum Gasteiger partial charge on any atom is 0.227 e. The van der Waals surface area contributed by atoms with Crippen molar-refractivity contribution < 1.29 is 4.79 Å². The molecule has 138 valence electrons. The Labute approximate surface area is 161 Å². The Morgan fingerprint density at radius 2 is 1.81 bits per heavy atom. The van der Waals surface area contributed by atoms with Crippen LogP contribution in [0.3, 0.4) is 0 Å². The van der Waals surface area contributed by atoms with Gasteiger partial charge in [-0.15, -0.1) is 0 Å². The summed E-state index contributed by atoms with van der Waals surface area (Å²) in [6.07, 6.45) is 4.90. The summed E-state index contributed by atoms with van der Waals surface area (Å²) >= 11 is 6.16. The number of nitrogens with zero attached hydrogens (tertiary/aromatic N) is 7. The van der Waals surface area contributed by atoms with Crippen LogP contribution in [0.5, 0.6) is 0 Å². The number of hydrogen-bond donors (Lipinski definition) is 0. The van der Waals surface area contributed by atoms with Crippen molar-refractivity contribution in [2.45, 2.75) is 6.42 Å². The SMILES string of the molecule is O=C(Cc1ccccc1Cl)N1CCN(c2cc(-n3cncn3)ncn2)CC1. The molecule has 3 aromatic rings. The van der Waals surface area contributed by atoms with Crippen LogP contribution in [0, 0.1) is 0 Å². The average Bonchev–Trinajstić information content (AvgIpc) is 3.25. The van der Waals surface area contributed by atoms with E-state index in [-0.39, 0.29) is 5.91 Å². The maximum atomic E-state index is 12.6. The highest BCUT2D eigenvalue weighted by molar-refractivity contribution is 6.31. The number of carbonyl (C=O) groups excluding carboxylic acids is 1. The van der Waals surface area contributed by atoms with E-state index < -0.39 is 0 Å². The highest BCUT2D eigenvalue weighted by Gasteiger charge is 2.22. The van der Waals surface area contributed by atoms with Crippen LogP contribution in [-0.2, 0) is 11.2 Å². The second-order valence-electron chi connectivity index (χ2n) is 6.21. The van der Waals surface area contributed by atoms with E-state index in [1.165, 1.54) is 12.7 Å². The van der Waals surface area contributed by atoms with Gasteiger partial charge in [0, 0.05) is 37.3 Å². The molecule has 0 radical (unpaired) electrons. The summed E-state index contributed by atoms with van der Waals surface area (Å²) in [5.74, 6) is 1.57. The molecule has 1 aliphatic rings. The number of piperazine rings is 1. The first-order chi connectivity index (χ1) is 13.2. The molecule has 0 atom stereocenters. The molecule has 0 bridgehead atoms. The first kappa shape index (κ1) is 17.4. The summed E-state index contributed by atoms with van der Waals surface area (Å²) in [6, 6.07) is 9.33. The number of halogens is 1. The second kappa shape index (κ2) is 7.71. The topological polar surface area (TPSA) is 80.0 Å². The van der Waals surface area contributed by atoms with Crippen molar-refractivity contribution in [3.05, 3.63) is 59.9 Å². The standard InChI is InChI=1S/C18H18ClN7O/c19-15-4-2-1-3-14(15)9-18(27)25-7-5-24(6-8-25)16-10-17(22-12-21-16)26-13-20-11-23-26/h1-4,10-13H,5-9H2. The lowest BCUT2D eigenvalue weighted by atomic mass is 10.1. The Morgan fingerprint density at radius 1 is 1.04 bits per heavy atom. The van der Waals surface area contributed by atoms with Gasteiger partial charge in [0.25, 0.3) is 0 Å². The Bertz CT molecular complexity index is 923. The van der Waals surface area contributed by atoms with Gasteiger partial charge in [0.15, 0.2) is 5.82 Å². The van der Waals surface area contributed by atoms with Crippen LogP contribution in [0.25, 0.3) is 5.82 Å². The fraction of sp³-hybridized carbons (Fsp3) is 0.278. The van der Waals surface area contributed by atoms with Crippen LogP contribution in [-0.4, -0.2) is 61.7 Å². The van der Waals surface area contributed by atoms with E-state index in [1.807, 2.05) is 35.2 Å². The fourth-order valence-corrected chi connectivity index (χ4v) is 3.27. The van der Waals surface area contributed by atoms with Gasteiger partial charge in [-0.3, -0.25) is 4.79 Å². The summed E-state index contributed by atoms with van der Waals surface area (Å²) in [4.78, 5) is 29.1. The van der Waals surface area contributed by atoms with Gasteiger partial charge in [-0.05, 0) is 11.6 Å². The quantitative estimate of drug-likeness (QED) is 0.680. The molecule has 4 rings (SSSR count). The third-order valence-corrected chi connectivity index (χ3v) is 4.92. The first-order valence-corrected chi connectivity index (χ1v) is 9.02. The summed E-state index contributed by atoms with van der Waals surface area (Å²) in [5, 5.41) is 4.72. The fourth-order valence-electron chi connectivity index (χ4n) is 3.06. The predicted molar refractivity (Wildman–Crippen MR) is 101 cm³/mol. The summed E-state index contributed by atoms with van der Waals surface area (Å²) in [5.41, 5.74) is 0.861. The van der Waals surface area contributed by atoms with Crippen molar-refractivity contribution in [2.24, 2.45) is 0 Å². The minimum absolute atomic E-state index is 0.0914. The van der Waals surface area contributed by atoms with Gasteiger partial charge in [-0.2, -0.15) is 5.10 Å². The summed E-state index contributed by atoms with van der Waals surface area (Å²) in [6.45, 7) is 2.71. The highest BCUT2D eigenvalue weighted by Crippen LogP contribution is 2.18. The molecule has 0 unspecified atom stereocenters. The van der Waals surface area contributed by atoms with Gasteiger partial charge in [-0.1, -0.05) is 29.8 Å². The average molecular weight is 384 g/mol. The van der Waals surface area contributed by atoms with Gasteiger partial charge in [-0.25, -0.2) is 19.6 Å². The molecule has 1 aromatic carbocycles. The van der Waals surface area contributed by atoms with E-state index in [0.29, 0.717) is 43.4 Å². The van der Waals surface area contributed by atoms with Gasteiger partial charge in [0.2, 0.25) is 5.91 Å². The smallest absolute Gasteiger partial charge is 0.227 e. The Balaban J connectivity index is 1.38. The van der Waals surface area contributed by atoms with Crippen LogP contribution in [0.2, 0.25) is 5.02 Å². The van der Waals surface area contributed by atoms with E-state index in [2.05, 4.69) is 25.0 Å². The Hall–Kier alpha value is -3.00. The molecule has 27 heavy (non-hydrogen) atoms. The van der Waals surface area contributed by atoms with Crippen molar-refractivity contribution in [3.8, 4) is 5.82 Å². The number of aromatic nitrogens is 5. The van der Waals surface area contributed by atoms with Crippen LogP contribution < -0.4 is 4.90 Å². The minimum Gasteiger partial charge on any atom is -0.353 e. The van der Waals surface area contributed by atoms with Crippen LogP contribution in [0.1, 0.15) is 5.56 Å². The zero-order valence-corrected chi connectivity index (χ0v) is 15.3. The molecular weight excluding hydrogens is 366 g/mol. The molecule has 1 saturated heterocycles. The number of carbonyl (C=O) groups is 1. The number of hydrogen-bond acceptors (Lipinski definition) is 6. The largest absolute Gasteiger partial charge is 0.353 e. The predicted octanol–water partition coefficient (Wildman–Crippen LogP) is 1.60. The zero-order valence-electron chi connectivity index (χ0n) is 14.6. The van der Waals surface area contributed by atoms with Crippen molar-refractivity contribution in [3.63, 3.8) is 0 Å². The van der Waals surface area contributed by atoms with Gasteiger partial charge in [0.05, 0.1) is 6.42 Å². The van der Waals surface area contributed by atoms with E-state index in [1.54, 1.807) is 11.0 Å². The molecule has 0 saturated carbocycles. The van der Waals surface area contributed by atoms with Crippen molar-refractivity contribution in [1.82, 2.24) is 29.6 Å². The summed E-state index contributed by atoms with van der Waals surface area (Å²) < 4.78 is 1.59. The van der Waals surface area contributed by atoms with Crippen LogP contribution in [0.4, 0.5) is 5.82 Å². The minimum atomic E-state index is 0.0914. The number of anilines is 1. The highest BCUT2D eigenvalue weighted by atomic mass is 35.5. The molecule has 1 amide bonds. The number of amides is 1. The second-order valence-corrected chi connectivity index (χ2v) is 6.62. The molecular formula is C18H18ClN7O. The summed E-state index contributed by atoms with van der Waals surface area (Å²) in [7, 11) is 0. The first-order valence-electron chi connectivity index (χ1n) is 8.64. The van der Waals surface area contributed by atoms with Gasteiger partial charge in [0.1, 0.15) is 24.8 Å². The molecule has 0 N–H and O–H groups in total. The molecule has 9 heteroatoms. The van der Waals surface area contributed by atoms with Crippen molar-refractivity contribution >= 4 is 23.3 Å². The lowest BCUT2D eigenvalue weighted by molar-refractivity contribution is -0.130. The van der Waals surface area contributed by atoms with E-state index in [0.717, 1.165) is 11.4 Å². The van der Waals surface area contributed by atoms with E-state index in [9.17, 15) is 4.79 Å². The number of benzene rings is 1. The molecule has 0 spiro atoms. The monoisotopic (exact) mass is 383 g/mol. The molecule has 3 heterocycles. The Kier molecular flexibility index (Phi) is 4.97. The van der Waals surface area contributed by atoms with E-state index in [4.69, 9.17) is 11.6 Å². The van der Waals surface area contributed by atoms with Gasteiger partial charge < -0.3 is 9.80 Å². The lowest BCUT2D eigenvalue weighted by Gasteiger charge is -2.35. The Morgan fingerprint density at radius 3 is 2.56 bits per heavy atom. The molecule has 0 aliphatic carbocycles. The van der Waals surface area contributed by atoms with Gasteiger partial charge >= 0.3 is 0 Å². The number of rotatable bonds is 4. The molecule has 8 nitrogen and oxygen atoms in total. The molecule has 1 fully saturated rings. The third-order valence-electron chi connectivity index (χ3n) is 4.55.